The fourth-order valence-corrected chi connectivity index (χ4v) is 2.33. The monoisotopic (exact) mass is 255 g/mol. The second-order valence-electron chi connectivity index (χ2n) is 4.49. The molecule has 3 aromatic rings. The van der Waals surface area contributed by atoms with Crippen molar-refractivity contribution in [2.75, 3.05) is 0 Å². The molecule has 4 heteroatoms. The normalized spacial score (nSPS) is 11.2. The SMILES string of the molecule is CCc1oc2ccccc2c1CNCc1ncc[nH]1. The van der Waals surface area contributed by atoms with Gasteiger partial charge in [-0.2, -0.15) is 0 Å². The smallest absolute Gasteiger partial charge is 0.134 e. The molecular formula is C15H17N3O. The van der Waals surface area contributed by atoms with Gasteiger partial charge in [0.1, 0.15) is 17.2 Å². The van der Waals surface area contributed by atoms with Gasteiger partial charge in [0, 0.05) is 36.3 Å². The molecule has 0 aliphatic carbocycles. The number of rotatable bonds is 5. The van der Waals surface area contributed by atoms with E-state index in [1.807, 2.05) is 24.4 Å². The van der Waals surface area contributed by atoms with E-state index in [-0.39, 0.29) is 0 Å². The quantitative estimate of drug-likeness (QED) is 0.737. The Hall–Kier alpha value is -2.07. The maximum atomic E-state index is 5.87. The number of hydrogen-bond donors (Lipinski definition) is 2. The third-order valence-corrected chi connectivity index (χ3v) is 3.25. The minimum absolute atomic E-state index is 0.732. The Morgan fingerprint density at radius 2 is 2.16 bits per heavy atom. The van der Waals surface area contributed by atoms with Crippen LogP contribution in [0.2, 0.25) is 0 Å². The van der Waals surface area contributed by atoms with Crippen LogP contribution < -0.4 is 5.32 Å². The molecular weight excluding hydrogens is 238 g/mol. The topological polar surface area (TPSA) is 53.9 Å². The summed E-state index contributed by atoms with van der Waals surface area (Å²) in [5.74, 6) is 2.01. The predicted molar refractivity (Wildman–Crippen MR) is 74.7 cm³/mol. The molecule has 0 bridgehead atoms. The predicted octanol–water partition coefficient (Wildman–Crippen LogP) is 3.01. The summed E-state index contributed by atoms with van der Waals surface area (Å²) >= 11 is 0. The third-order valence-electron chi connectivity index (χ3n) is 3.25. The summed E-state index contributed by atoms with van der Waals surface area (Å²) in [6.07, 6.45) is 4.51. The number of nitrogens with zero attached hydrogens (tertiary/aromatic N) is 1. The summed E-state index contributed by atoms with van der Waals surface area (Å²) in [6.45, 7) is 3.64. The number of nitrogens with one attached hydrogen (secondary N) is 2. The molecule has 19 heavy (non-hydrogen) atoms. The number of fused-ring (bicyclic) bond motifs is 1. The molecule has 0 fully saturated rings. The summed E-state index contributed by atoms with van der Waals surface area (Å²) in [4.78, 5) is 7.28. The molecule has 2 aromatic heterocycles. The van der Waals surface area contributed by atoms with Crippen molar-refractivity contribution in [3.05, 3.63) is 53.8 Å². The van der Waals surface area contributed by atoms with Gasteiger partial charge in [-0.1, -0.05) is 25.1 Å². The van der Waals surface area contributed by atoms with Crippen LogP contribution in [0.1, 0.15) is 24.1 Å². The zero-order chi connectivity index (χ0) is 13.1. The van der Waals surface area contributed by atoms with E-state index in [4.69, 9.17) is 4.42 Å². The van der Waals surface area contributed by atoms with Crippen LogP contribution in [0.4, 0.5) is 0 Å². The highest BCUT2D eigenvalue weighted by Crippen LogP contribution is 2.26. The number of imidazole rings is 1. The number of hydrogen-bond acceptors (Lipinski definition) is 3. The van der Waals surface area contributed by atoms with Crippen LogP contribution in [0.5, 0.6) is 0 Å². The van der Waals surface area contributed by atoms with Crippen LogP contribution in [0.3, 0.4) is 0 Å². The maximum Gasteiger partial charge on any atom is 0.134 e. The number of benzene rings is 1. The molecule has 0 saturated heterocycles. The van der Waals surface area contributed by atoms with Crippen molar-refractivity contribution in [1.29, 1.82) is 0 Å². The zero-order valence-electron chi connectivity index (χ0n) is 10.9. The number of aromatic nitrogens is 2. The van der Waals surface area contributed by atoms with E-state index in [0.29, 0.717) is 0 Å². The first-order valence-electron chi connectivity index (χ1n) is 6.56. The summed E-state index contributed by atoms with van der Waals surface area (Å²) in [7, 11) is 0. The molecule has 0 saturated carbocycles. The average Bonchev–Trinajstić information content (AvgIpc) is 3.06. The Kier molecular flexibility index (Phi) is 3.33. The van der Waals surface area contributed by atoms with Gasteiger partial charge in [0.15, 0.2) is 0 Å². The largest absolute Gasteiger partial charge is 0.461 e. The van der Waals surface area contributed by atoms with Crippen molar-refractivity contribution < 1.29 is 4.42 Å². The summed E-state index contributed by atoms with van der Waals surface area (Å²) in [6, 6.07) is 8.19. The summed E-state index contributed by atoms with van der Waals surface area (Å²) in [5.41, 5.74) is 2.22. The molecule has 4 nitrogen and oxygen atoms in total. The average molecular weight is 255 g/mol. The van der Waals surface area contributed by atoms with Crippen LogP contribution in [0.15, 0.2) is 41.1 Å². The highest BCUT2D eigenvalue weighted by molar-refractivity contribution is 5.82. The van der Waals surface area contributed by atoms with Crippen LogP contribution in [0, 0.1) is 0 Å². The molecule has 3 rings (SSSR count). The van der Waals surface area contributed by atoms with E-state index in [0.717, 1.165) is 36.7 Å². The van der Waals surface area contributed by atoms with Gasteiger partial charge in [-0.25, -0.2) is 4.98 Å². The van der Waals surface area contributed by atoms with Crippen molar-refractivity contribution in [3.63, 3.8) is 0 Å². The molecule has 0 radical (unpaired) electrons. The Balaban J connectivity index is 1.79. The molecule has 0 unspecified atom stereocenters. The maximum absolute atomic E-state index is 5.87. The van der Waals surface area contributed by atoms with Crippen molar-refractivity contribution >= 4 is 11.0 Å². The first-order chi connectivity index (χ1) is 9.38. The van der Waals surface area contributed by atoms with Crippen LogP contribution in [-0.4, -0.2) is 9.97 Å². The van der Waals surface area contributed by atoms with Gasteiger partial charge in [-0.05, 0) is 6.07 Å². The molecule has 0 aliphatic rings. The number of aryl methyl sites for hydroxylation is 1. The Morgan fingerprint density at radius 1 is 1.26 bits per heavy atom. The van der Waals surface area contributed by atoms with Crippen molar-refractivity contribution in [2.24, 2.45) is 0 Å². The van der Waals surface area contributed by atoms with Crippen molar-refractivity contribution in [3.8, 4) is 0 Å². The molecule has 0 spiro atoms. The molecule has 0 atom stereocenters. The van der Waals surface area contributed by atoms with Crippen LogP contribution in [-0.2, 0) is 19.5 Å². The molecule has 98 valence electrons. The van der Waals surface area contributed by atoms with E-state index in [1.165, 1.54) is 10.9 Å². The summed E-state index contributed by atoms with van der Waals surface area (Å²) in [5, 5.41) is 4.60. The van der Waals surface area contributed by atoms with Crippen molar-refractivity contribution in [2.45, 2.75) is 26.4 Å². The van der Waals surface area contributed by atoms with Gasteiger partial charge in [0.25, 0.3) is 0 Å². The van der Waals surface area contributed by atoms with E-state index in [9.17, 15) is 0 Å². The minimum atomic E-state index is 0.732. The Bertz CT molecular complexity index is 655. The minimum Gasteiger partial charge on any atom is -0.461 e. The third kappa shape index (κ3) is 2.39. The standard InChI is InChI=1S/C15H17N3O/c1-2-13-12(9-16-10-15-17-7-8-18-15)11-5-3-4-6-14(11)19-13/h3-8,16H,2,9-10H2,1H3,(H,17,18). The first-order valence-corrected chi connectivity index (χ1v) is 6.56. The van der Waals surface area contributed by atoms with Gasteiger partial charge in [0.2, 0.25) is 0 Å². The lowest BCUT2D eigenvalue weighted by Crippen LogP contribution is -2.14. The number of H-pyrrole nitrogens is 1. The van der Waals surface area contributed by atoms with Crippen molar-refractivity contribution in [1.82, 2.24) is 15.3 Å². The van der Waals surface area contributed by atoms with Gasteiger partial charge in [-0.15, -0.1) is 0 Å². The lowest BCUT2D eigenvalue weighted by molar-refractivity contribution is 0.543. The fourth-order valence-electron chi connectivity index (χ4n) is 2.33. The second kappa shape index (κ2) is 5.28. The highest BCUT2D eigenvalue weighted by atomic mass is 16.3. The van der Waals surface area contributed by atoms with E-state index in [1.54, 1.807) is 6.20 Å². The zero-order valence-corrected chi connectivity index (χ0v) is 10.9. The van der Waals surface area contributed by atoms with E-state index in [2.05, 4.69) is 28.3 Å². The molecule has 1 aromatic carbocycles. The van der Waals surface area contributed by atoms with Gasteiger partial charge < -0.3 is 14.7 Å². The second-order valence-corrected chi connectivity index (χ2v) is 4.49. The lowest BCUT2D eigenvalue weighted by atomic mass is 10.1. The Labute approximate surface area is 111 Å². The first kappa shape index (κ1) is 12.0. The highest BCUT2D eigenvalue weighted by Gasteiger charge is 2.11. The number of aromatic amines is 1. The lowest BCUT2D eigenvalue weighted by Gasteiger charge is -2.03. The van der Waals surface area contributed by atoms with Gasteiger partial charge >= 0.3 is 0 Å². The van der Waals surface area contributed by atoms with E-state index < -0.39 is 0 Å². The van der Waals surface area contributed by atoms with Gasteiger partial charge in [-0.3, -0.25) is 0 Å². The Morgan fingerprint density at radius 3 is 2.95 bits per heavy atom. The van der Waals surface area contributed by atoms with Crippen LogP contribution >= 0.6 is 0 Å². The van der Waals surface area contributed by atoms with E-state index >= 15 is 0 Å². The molecule has 0 amide bonds. The summed E-state index contributed by atoms with van der Waals surface area (Å²) < 4.78 is 5.87. The van der Waals surface area contributed by atoms with Gasteiger partial charge in [0.05, 0.1) is 6.54 Å². The molecule has 2 heterocycles. The number of furan rings is 1. The fraction of sp³-hybridized carbons (Fsp3) is 0.267. The number of para-hydroxylation sites is 1. The molecule has 2 N–H and O–H groups in total. The molecule has 0 aliphatic heterocycles. The van der Waals surface area contributed by atoms with Crippen LogP contribution in [0.25, 0.3) is 11.0 Å².